The largest absolute Gasteiger partial charge is 0.378 e. The maximum Gasteiger partial charge on any atom is 0.321 e. The Labute approximate surface area is 144 Å². The van der Waals surface area contributed by atoms with E-state index in [-0.39, 0.29) is 18.0 Å². The Bertz CT molecular complexity index is 604. The molecule has 0 spiro atoms. The highest BCUT2D eigenvalue weighted by atomic mass is 16.2. The van der Waals surface area contributed by atoms with Crippen molar-refractivity contribution >= 4 is 23.3 Å². The van der Waals surface area contributed by atoms with Gasteiger partial charge in [0.1, 0.15) is 0 Å². The van der Waals surface area contributed by atoms with Crippen LogP contribution >= 0.6 is 0 Å². The average molecular weight is 332 g/mol. The van der Waals surface area contributed by atoms with Gasteiger partial charge in [0.2, 0.25) is 5.91 Å². The number of rotatable bonds is 3. The van der Waals surface area contributed by atoms with E-state index in [4.69, 9.17) is 0 Å². The number of carbonyl (C=O) groups excluding carboxylic acids is 2. The zero-order valence-corrected chi connectivity index (χ0v) is 15.3. The van der Waals surface area contributed by atoms with E-state index in [9.17, 15) is 9.59 Å². The van der Waals surface area contributed by atoms with E-state index < -0.39 is 0 Å². The minimum atomic E-state index is -0.103. The minimum absolute atomic E-state index is 0.0420. The molecule has 0 radical (unpaired) electrons. The van der Waals surface area contributed by atoms with Crippen LogP contribution in [0.3, 0.4) is 0 Å². The number of aryl methyl sites for hydroxylation is 2. The summed E-state index contributed by atoms with van der Waals surface area (Å²) in [6, 6.07) is 4.08. The van der Waals surface area contributed by atoms with Crippen LogP contribution in [0.15, 0.2) is 12.1 Å². The number of hydrogen-bond donors (Lipinski definition) is 2. The third kappa shape index (κ3) is 4.40. The molecule has 2 rings (SSSR count). The third-order valence-corrected chi connectivity index (χ3v) is 4.38. The fourth-order valence-corrected chi connectivity index (χ4v) is 3.15. The standard InChI is InChI=1S/C18H28N4O2/c1-12-9-16(21(4)5)10-13(2)17(12)20-18(24)22-8-6-7-15(11-22)19-14(3)23/h9-10,15H,6-8,11H2,1-5H3,(H,19,23)(H,20,24). The van der Waals surface area contributed by atoms with Gasteiger partial charge >= 0.3 is 6.03 Å². The van der Waals surface area contributed by atoms with Crippen molar-refractivity contribution in [3.8, 4) is 0 Å². The molecule has 1 aliphatic rings. The van der Waals surface area contributed by atoms with Crippen molar-refractivity contribution in [2.75, 3.05) is 37.4 Å². The molecular weight excluding hydrogens is 304 g/mol. The molecule has 24 heavy (non-hydrogen) atoms. The molecule has 1 aromatic carbocycles. The van der Waals surface area contributed by atoms with Gasteiger partial charge in [-0.05, 0) is 49.9 Å². The van der Waals surface area contributed by atoms with Gasteiger partial charge in [-0.15, -0.1) is 0 Å². The summed E-state index contributed by atoms with van der Waals surface area (Å²) in [6.07, 6.45) is 1.81. The summed E-state index contributed by atoms with van der Waals surface area (Å²) in [5.41, 5.74) is 4.07. The Morgan fingerprint density at radius 1 is 1.21 bits per heavy atom. The molecule has 1 aromatic rings. The van der Waals surface area contributed by atoms with Gasteiger partial charge in [-0.3, -0.25) is 4.79 Å². The maximum atomic E-state index is 12.6. The Morgan fingerprint density at radius 2 is 1.83 bits per heavy atom. The molecule has 6 nitrogen and oxygen atoms in total. The van der Waals surface area contributed by atoms with Gasteiger partial charge in [0, 0.05) is 51.5 Å². The van der Waals surface area contributed by atoms with Crippen molar-refractivity contribution in [3.63, 3.8) is 0 Å². The molecule has 1 fully saturated rings. The summed E-state index contributed by atoms with van der Waals surface area (Å²) in [7, 11) is 4.00. The number of carbonyl (C=O) groups is 2. The molecule has 1 heterocycles. The second-order valence-electron chi connectivity index (χ2n) is 6.76. The molecular formula is C18H28N4O2. The normalized spacial score (nSPS) is 17.4. The van der Waals surface area contributed by atoms with Gasteiger partial charge in [0.25, 0.3) is 0 Å². The zero-order valence-electron chi connectivity index (χ0n) is 15.3. The van der Waals surface area contributed by atoms with Crippen LogP contribution in [0.4, 0.5) is 16.2 Å². The topological polar surface area (TPSA) is 64.7 Å². The molecule has 0 saturated carbocycles. The second kappa shape index (κ2) is 7.55. The van der Waals surface area contributed by atoms with Crippen molar-refractivity contribution in [2.45, 2.75) is 39.7 Å². The molecule has 2 N–H and O–H groups in total. The zero-order chi connectivity index (χ0) is 17.9. The fraction of sp³-hybridized carbons (Fsp3) is 0.556. The number of hydrogen-bond acceptors (Lipinski definition) is 3. The van der Waals surface area contributed by atoms with Gasteiger partial charge in [0.05, 0.1) is 0 Å². The maximum absolute atomic E-state index is 12.6. The van der Waals surface area contributed by atoms with Crippen LogP contribution in [0.2, 0.25) is 0 Å². The highest BCUT2D eigenvalue weighted by Crippen LogP contribution is 2.26. The first-order valence-electron chi connectivity index (χ1n) is 8.39. The first-order valence-corrected chi connectivity index (χ1v) is 8.39. The summed E-state index contributed by atoms with van der Waals surface area (Å²) in [6.45, 7) is 6.80. The molecule has 132 valence electrons. The SMILES string of the molecule is CC(=O)NC1CCCN(C(=O)Nc2c(C)cc(N(C)C)cc2C)C1. The van der Waals surface area contributed by atoms with Crippen LogP contribution < -0.4 is 15.5 Å². The predicted molar refractivity (Wildman–Crippen MR) is 97.7 cm³/mol. The number of amides is 3. The lowest BCUT2D eigenvalue weighted by Crippen LogP contribution is -2.50. The Balaban J connectivity index is 2.08. The van der Waals surface area contributed by atoms with Crippen molar-refractivity contribution in [2.24, 2.45) is 0 Å². The molecule has 1 aliphatic heterocycles. The number of urea groups is 1. The number of benzene rings is 1. The van der Waals surface area contributed by atoms with Crippen molar-refractivity contribution in [1.29, 1.82) is 0 Å². The van der Waals surface area contributed by atoms with E-state index in [0.717, 1.165) is 41.9 Å². The van der Waals surface area contributed by atoms with Crippen molar-refractivity contribution in [1.82, 2.24) is 10.2 Å². The average Bonchev–Trinajstić information content (AvgIpc) is 2.50. The summed E-state index contributed by atoms with van der Waals surface area (Å²) >= 11 is 0. The quantitative estimate of drug-likeness (QED) is 0.894. The number of nitrogens with one attached hydrogen (secondary N) is 2. The highest BCUT2D eigenvalue weighted by molar-refractivity contribution is 5.91. The molecule has 0 aromatic heterocycles. The van der Waals surface area contributed by atoms with Gasteiger partial charge in [-0.25, -0.2) is 4.79 Å². The lowest BCUT2D eigenvalue weighted by Gasteiger charge is -2.33. The number of nitrogens with zero attached hydrogens (tertiary/aromatic N) is 2. The molecule has 1 unspecified atom stereocenters. The van der Waals surface area contributed by atoms with Gasteiger partial charge < -0.3 is 20.4 Å². The Morgan fingerprint density at radius 3 is 2.38 bits per heavy atom. The summed E-state index contributed by atoms with van der Waals surface area (Å²) in [4.78, 5) is 27.7. The van der Waals surface area contributed by atoms with Crippen LogP contribution in [0, 0.1) is 13.8 Å². The van der Waals surface area contributed by atoms with E-state index in [1.165, 1.54) is 6.92 Å². The van der Waals surface area contributed by atoms with Gasteiger partial charge in [-0.2, -0.15) is 0 Å². The van der Waals surface area contributed by atoms with Gasteiger partial charge in [-0.1, -0.05) is 0 Å². The van der Waals surface area contributed by atoms with Crippen molar-refractivity contribution < 1.29 is 9.59 Å². The van der Waals surface area contributed by atoms with Crippen LogP contribution in [0.25, 0.3) is 0 Å². The van der Waals surface area contributed by atoms with E-state index in [1.54, 1.807) is 4.90 Å². The Kier molecular flexibility index (Phi) is 5.70. The second-order valence-corrected chi connectivity index (χ2v) is 6.76. The molecule has 0 aliphatic carbocycles. The molecule has 6 heteroatoms. The van der Waals surface area contributed by atoms with Crippen LogP contribution in [-0.4, -0.2) is 50.1 Å². The van der Waals surface area contributed by atoms with Gasteiger partial charge in [0.15, 0.2) is 0 Å². The Hall–Kier alpha value is -2.24. The number of likely N-dealkylation sites (tertiary alicyclic amines) is 1. The van der Waals surface area contributed by atoms with E-state index in [0.29, 0.717) is 6.54 Å². The first-order chi connectivity index (χ1) is 11.3. The lowest BCUT2D eigenvalue weighted by atomic mass is 10.1. The van der Waals surface area contributed by atoms with E-state index >= 15 is 0 Å². The summed E-state index contributed by atoms with van der Waals surface area (Å²) in [5, 5.41) is 5.95. The van der Waals surface area contributed by atoms with E-state index in [2.05, 4.69) is 22.8 Å². The van der Waals surface area contributed by atoms with Crippen LogP contribution in [0.1, 0.15) is 30.9 Å². The highest BCUT2D eigenvalue weighted by Gasteiger charge is 2.24. The first kappa shape index (κ1) is 18.1. The molecule has 3 amide bonds. The minimum Gasteiger partial charge on any atom is -0.378 e. The van der Waals surface area contributed by atoms with Crippen molar-refractivity contribution in [3.05, 3.63) is 23.3 Å². The molecule has 1 saturated heterocycles. The van der Waals surface area contributed by atoms with E-state index in [1.807, 2.05) is 32.8 Å². The van der Waals surface area contributed by atoms with Crippen LogP contribution in [0.5, 0.6) is 0 Å². The molecule has 1 atom stereocenters. The predicted octanol–water partition coefficient (Wildman–Crippen LogP) is 2.50. The summed E-state index contributed by atoms with van der Waals surface area (Å²) in [5.74, 6) is -0.0479. The lowest BCUT2D eigenvalue weighted by molar-refractivity contribution is -0.119. The third-order valence-electron chi connectivity index (χ3n) is 4.38. The summed E-state index contributed by atoms with van der Waals surface area (Å²) < 4.78 is 0. The fourth-order valence-electron chi connectivity index (χ4n) is 3.15. The van der Waals surface area contributed by atoms with Crippen LogP contribution in [-0.2, 0) is 4.79 Å². The number of piperidine rings is 1. The molecule has 0 bridgehead atoms. The number of anilines is 2. The smallest absolute Gasteiger partial charge is 0.321 e. The monoisotopic (exact) mass is 332 g/mol.